The van der Waals surface area contributed by atoms with Crippen LogP contribution in [0.2, 0.25) is 0 Å². The molecule has 0 bridgehead atoms. The van der Waals surface area contributed by atoms with Crippen LogP contribution >= 0.6 is 47.8 Å². The van der Waals surface area contributed by atoms with E-state index in [1.807, 2.05) is 0 Å². The van der Waals surface area contributed by atoms with Gasteiger partial charge in [0.15, 0.2) is 0 Å². The number of aromatic nitrogens is 4. The molecule has 0 atom stereocenters. The highest BCUT2D eigenvalue weighted by atomic mass is 79.9. The molecule has 0 saturated carbocycles. The van der Waals surface area contributed by atoms with E-state index in [1.165, 1.54) is 45.0 Å². The first-order valence-electron chi connectivity index (χ1n) is 21.6. The summed E-state index contributed by atoms with van der Waals surface area (Å²) in [5, 5.41) is 0. The predicted octanol–water partition coefficient (Wildman–Crippen LogP) is 15.1. The molecule has 8 nitrogen and oxygen atoms in total. The second-order valence-corrected chi connectivity index (χ2v) is 19.4. The lowest BCUT2D eigenvalue weighted by Gasteiger charge is -2.32. The van der Waals surface area contributed by atoms with Crippen molar-refractivity contribution < 1.29 is 9.31 Å². The van der Waals surface area contributed by atoms with E-state index in [9.17, 15) is 0 Å². The lowest BCUT2D eigenvalue weighted by atomic mass is 9.79. The van der Waals surface area contributed by atoms with Crippen molar-refractivity contribution in [2.75, 3.05) is 9.80 Å². The van der Waals surface area contributed by atoms with Crippen LogP contribution in [0.5, 0.6) is 0 Å². The van der Waals surface area contributed by atoms with Gasteiger partial charge in [0.25, 0.3) is 0 Å². The lowest BCUT2D eigenvalue weighted by molar-refractivity contribution is 0.00578. The summed E-state index contributed by atoms with van der Waals surface area (Å²) in [5.74, 6) is 0. The van der Waals surface area contributed by atoms with Crippen LogP contribution in [0.1, 0.15) is 49.9 Å². The molecule has 1 saturated heterocycles. The molecule has 334 valence electrons. The van der Waals surface area contributed by atoms with E-state index in [1.54, 1.807) is 24.8 Å². The molecule has 3 heterocycles. The van der Waals surface area contributed by atoms with Crippen LogP contribution in [-0.4, -0.2) is 38.3 Å². The Kier molecular flexibility index (Phi) is 15.7. The Balaban J connectivity index is 0.000000168. The Labute approximate surface area is 415 Å². The van der Waals surface area contributed by atoms with Crippen LogP contribution in [-0.2, 0) is 9.31 Å². The van der Waals surface area contributed by atoms with Gasteiger partial charge < -0.3 is 19.1 Å². The number of anilines is 6. The number of para-hydroxylation sites is 4. The molecule has 1 fully saturated rings. The van der Waals surface area contributed by atoms with Gasteiger partial charge in [0, 0.05) is 39.7 Å². The molecule has 2 aromatic heterocycles. The van der Waals surface area contributed by atoms with Crippen molar-refractivity contribution in [3.63, 3.8) is 0 Å². The summed E-state index contributed by atoms with van der Waals surface area (Å²) in [6, 6.07) is 50.9. The maximum absolute atomic E-state index is 6.22. The summed E-state index contributed by atoms with van der Waals surface area (Å²) in [6.45, 7) is 16.9. The molecule has 66 heavy (non-hydrogen) atoms. The van der Waals surface area contributed by atoms with Gasteiger partial charge in [0.2, 0.25) is 0 Å². The van der Waals surface area contributed by atoms with Crippen LogP contribution in [0.4, 0.5) is 34.1 Å². The molecule has 0 spiro atoms. The predicted molar refractivity (Wildman–Crippen MR) is 283 cm³/mol. The second kappa shape index (κ2) is 21.4. The number of rotatable bonds is 8. The van der Waals surface area contributed by atoms with Crippen molar-refractivity contribution in [3.05, 3.63) is 206 Å². The lowest BCUT2D eigenvalue weighted by Crippen LogP contribution is -2.41. The van der Waals surface area contributed by atoms with Gasteiger partial charge in [0.1, 0.15) is 13.8 Å². The zero-order chi connectivity index (χ0) is 47.0. The summed E-state index contributed by atoms with van der Waals surface area (Å²) < 4.78 is 14.7. The first-order chi connectivity index (χ1) is 31.6. The van der Waals surface area contributed by atoms with Gasteiger partial charge in [-0.2, -0.15) is 0 Å². The minimum absolute atomic E-state index is 0.343. The van der Waals surface area contributed by atoms with E-state index in [0.29, 0.717) is 0 Å². The molecule has 12 heteroatoms. The van der Waals surface area contributed by atoms with Crippen molar-refractivity contribution in [1.82, 2.24) is 19.9 Å². The molecular formula is C54H52BBr3N6O2. The topological polar surface area (TPSA) is 76.5 Å². The Bertz CT molecular complexity index is 2740. The van der Waals surface area contributed by atoms with E-state index in [0.717, 1.165) is 41.9 Å². The average molecular weight is 1070 g/mol. The van der Waals surface area contributed by atoms with Crippen LogP contribution in [0.3, 0.4) is 0 Å². The second-order valence-electron chi connectivity index (χ2n) is 16.9. The standard InChI is InChI=1S/C26H30BNO2.C24H20BrN3.C4H2Br2N2/c1-19-11-7-9-13-23(19)28(24-14-10-8-12-20(24)2)22-17-15-21(16-18-22)27-29-25(3,4)26(5,6)30-27;1-17-7-3-5-9-22(17)28(23-10-6-4-8-18(23)2)20-13-11-19(12-14-20)21-15-27-24(25)16-26-21;5-3-1-7-4(6)2-8-3/h7-18H,1-6H3;3-16H,1-2H3;1-2H. The number of aryl methyl sites for hydroxylation is 4. The fraction of sp³-hybridized carbons (Fsp3) is 0.185. The summed E-state index contributed by atoms with van der Waals surface area (Å²) in [6.07, 6.45) is 6.75. The molecule has 1 aliphatic heterocycles. The first-order valence-corrected chi connectivity index (χ1v) is 24.0. The minimum Gasteiger partial charge on any atom is -0.399 e. The summed E-state index contributed by atoms with van der Waals surface area (Å²) in [7, 11) is -0.352. The molecule has 0 aliphatic carbocycles. The quantitative estimate of drug-likeness (QED) is 0.139. The van der Waals surface area contributed by atoms with Gasteiger partial charge >= 0.3 is 7.12 Å². The van der Waals surface area contributed by atoms with Crippen molar-refractivity contribution in [2.45, 2.75) is 66.6 Å². The number of benzene rings is 6. The van der Waals surface area contributed by atoms with Gasteiger partial charge in [0.05, 0.1) is 41.7 Å². The Morgan fingerprint density at radius 1 is 0.409 bits per heavy atom. The van der Waals surface area contributed by atoms with Gasteiger partial charge in [-0.25, -0.2) is 15.0 Å². The zero-order valence-electron chi connectivity index (χ0n) is 38.4. The van der Waals surface area contributed by atoms with Crippen LogP contribution in [0, 0.1) is 27.7 Å². The van der Waals surface area contributed by atoms with E-state index >= 15 is 0 Å². The minimum atomic E-state index is -0.352. The largest absolute Gasteiger partial charge is 0.494 e. The van der Waals surface area contributed by atoms with Crippen LogP contribution < -0.4 is 15.3 Å². The SMILES string of the molecule is Brc1cnc(Br)cn1.Cc1ccccc1N(c1ccc(-c2cnc(Br)cn2)cc1)c1ccccc1C.Cc1ccccc1N(c1ccc(B2OC(C)(C)C(C)(C)O2)cc1)c1ccccc1C. The monoisotopic (exact) mass is 1060 g/mol. The molecule has 6 aromatic carbocycles. The molecule has 9 rings (SSSR count). The molecule has 8 aromatic rings. The van der Waals surface area contributed by atoms with E-state index in [4.69, 9.17) is 9.31 Å². The Morgan fingerprint density at radius 2 is 0.727 bits per heavy atom. The van der Waals surface area contributed by atoms with Crippen molar-refractivity contribution in [3.8, 4) is 11.3 Å². The maximum Gasteiger partial charge on any atom is 0.494 e. The number of nitrogens with zero attached hydrogens (tertiary/aromatic N) is 6. The Hall–Kier alpha value is -5.50. The third-order valence-corrected chi connectivity index (χ3v) is 13.0. The Morgan fingerprint density at radius 3 is 1.05 bits per heavy atom. The van der Waals surface area contributed by atoms with E-state index < -0.39 is 0 Å². The maximum atomic E-state index is 6.22. The zero-order valence-corrected chi connectivity index (χ0v) is 43.1. The van der Waals surface area contributed by atoms with Crippen molar-refractivity contribution in [2.24, 2.45) is 0 Å². The highest BCUT2D eigenvalue weighted by Crippen LogP contribution is 2.41. The smallest absolute Gasteiger partial charge is 0.399 e. The molecule has 0 unspecified atom stereocenters. The molecular weight excluding hydrogens is 1020 g/mol. The normalized spacial score (nSPS) is 13.5. The number of halogens is 3. The van der Waals surface area contributed by atoms with Gasteiger partial charge in [-0.3, -0.25) is 4.98 Å². The fourth-order valence-electron chi connectivity index (χ4n) is 7.37. The number of hydrogen-bond acceptors (Lipinski definition) is 8. The third kappa shape index (κ3) is 11.5. The first kappa shape index (κ1) is 48.4. The van der Waals surface area contributed by atoms with Crippen LogP contribution in [0.15, 0.2) is 184 Å². The van der Waals surface area contributed by atoms with Crippen LogP contribution in [0.25, 0.3) is 11.3 Å². The summed E-state index contributed by atoms with van der Waals surface area (Å²) >= 11 is 9.64. The van der Waals surface area contributed by atoms with Gasteiger partial charge in [-0.05, 0) is 179 Å². The third-order valence-electron chi connectivity index (χ3n) is 11.7. The molecule has 0 N–H and O–H groups in total. The average Bonchev–Trinajstić information content (AvgIpc) is 3.54. The van der Waals surface area contributed by atoms with Crippen molar-refractivity contribution in [1.29, 1.82) is 0 Å². The van der Waals surface area contributed by atoms with Crippen molar-refractivity contribution >= 4 is 94.5 Å². The van der Waals surface area contributed by atoms with E-state index in [-0.39, 0.29) is 18.3 Å². The summed E-state index contributed by atoms with van der Waals surface area (Å²) in [5.41, 5.74) is 14.1. The molecule has 0 radical (unpaired) electrons. The van der Waals surface area contributed by atoms with Gasteiger partial charge in [-0.15, -0.1) is 0 Å². The molecule has 1 aliphatic rings. The summed E-state index contributed by atoms with van der Waals surface area (Å²) in [4.78, 5) is 21.1. The highest BCUT2D eigenvalue weighted by molar-refractivity contribution is 9.11. The fourth-order valence-corrected chi connectivity index (χ4v) is 7.99. The van der Waals surface area contributed by atoms with Gasteiger partial charge in [-0.1, -0.05) is 97.1 Å². The highest BCUT2D eigenvalue weighted by Gasteiger charge is 2.51. The molecule has 0 amide bonds. The number of hydrogen-bond donors (Lipinski definition) is 0. The van der Waals surface area contributed by atoms with E-state index in [2.05, 4.69) is 279 Å².